The predicted molar refractivity (Wildman–Crippen MR) is 35.9 cm³/mol. The number of rotatable bonds is 1. The lowest BCUT2D eigenvalue weighted by Crippen LogP contribution is -2.07. The van der Waals surface area contributed by atoms with Crippen LogP contribution < -0.4 is 4.91 Å². The highest BCUT2D eigenvalue weighted by Crippen LogP contribution is 1.93. The molecule has 41 valence electrons. The van der Waals surface area contributed by atoms with Crippen molar-refractivity contribution in [2.24, 2.45) is 0 Å². The van der Waals surface area contributed by atoms with Crippen LogP contribution >= 0.6 is 11.3 Å². The first kappa shape index (κ1) is 5.76. The SMILES string of the molecule is C[B]c1nnc(C)s1. The van der Waals surface area contributed by atoms with Gasteiger partial charge in [0.2, 0.25) is 0 Å². The first-order valence-electron chi connectivity index (χ1n) is 2.42. The molecule has 0 aliphatic carbocycles. The van der Waals surface area contributed by atoms with Crippen molar-refractivity contribution >= 4 is 23.5 Å². The third-order valence-corrected chi connectivity index (χ3v) is 1.69. The molecule has 8 heavy (non-hydrogen) atoms. The molecule has 0 saturated carbocycles. The van der Waals surface area contributed by atoms with E-state index in [0.717, 1.165) is 9.91 Å². The van der Waals surface area contributed by atoms with E-state index in [1.165, 1.54) is 0 Å². The molecule has 0 spiro atoms. The molecule has 0 N–H and O–H groups in total. The smallest absolute Gasteiger partial charge is 0.155 e. The second-order valence-electron chi connectivity index (χ2n) is 1.45. The molecule has 1 aromatic heterocycles. The molecule has 1 radical (unpaired) electrons. The third kappa shape index (κ3) is 1.07. The van der Waals surface area contributed by atoms with E-state index in [2.05, 4.69) is 10.2 Å². The van der Waals surface area contributed by atoms with Crippen LogP contribution in [0.5, 0.6) is 0 Å². The van der Waals surface area contributed by atoms with Crippen molar-refractivity contribution < 1.29 is 0 Å². The highest BCUT2D eigenvalue weighted by molar-refractivity contribution is 7.20. The van der Waals surface area contributed by atoms with Crippen LogP contribution in [0, 0.1) is 6.92 Å². The summed E-state index contributed by atoms with van der Waals surface area (Å²) in [7, 11) is 1.95. The summed E-state index contributed by atoms with van der Waals surface area (Å²) >= 11 is 1.61. The number of nitrogens with zero attached hydrogens (tertiary/aromatic N) is 2. The van der Waals surface area contributed by atoms with Crippen LogP contribution in [0.1, 0.15) is 5.01 Å². The molecule has 2 nitrogen and oxygen atoms in total. The molecule has 1 rings (SSSR count). The molecule has 0 aromatic carbocycles. The van der Waals surface area contributed by atoms with Crippen molar-refractivity contribution in [3.05, 3.63) is 5.01 Å². The average molecular weight is 125 g/mol. The average Bonchev–Trinajstić information content (AvgIpc) is 2.14. The molecule has 0 fully saturated rings. The quantitative estimate of drug-likeness (QED) is 0.502. The summed E-state index contributed by atoms with van der Waals surface area (Å²) in [4.78, 5) is 1.00. The molecular weight excluding hydrogens is 119 g/mol. The predicted octanol–water partition coefficient (Wildman–Crippen LogP) is 0.224. The molecular formula is C4H6BN2S. The molecule has 0 bridgehead atoms. The second-order valence-corrected chi connectivity index (χ2v) is 2.66. The Hall–Kier alpha value is -0.375. The Bertz CT molecular complexity index is 174. The Labute approximate surface area is 53.2 Å². The Morgan fingerprint density at radius 1 is 1.50 bits per heavy atom. The summed E-state index contributed by atoms with van der Waals surface area (Å²) in [6, 6.07) is 0. The summed E-state index contributed by atoms with van der Waals surface area (Å²) in [5.41, 5.74) is 0. The zero-order valence-corrected chi connectivity index (χ0v) is 5.70. The monoisotopic (exact) mass is 125 g/mol. The molecule has 0 aliphatic heterocycles. The number of aryl methyl sites for hydroxylation is 1. The molecule has 0 unspecified atom stereocenters. The van der Waals surface area contributed by atoms with Gasteiger partial charge in [-0.3, -0.25) is 0 Å². The third-order valence-electron chi connectivity index (χ3n) is 0.789. The standard InChI is InChI=1S/C4H6BN2S/c1-3-6-7-4(5-2)8-3/h1-2H3. The van der Waals surface area contributed by atoms with Gasteiger partial charge < -0.3 is 0 Å². The molecule has 1 heterocycles. The van der Waals surface area contributed by atoms with Crippen LogP contribution in [0.4, 0.5) is 0 Å². The van der Waals surface area contributed by atoms with Crippen LogP contribution in [0.15, 0.2) is 0 Å². The molecule has 4 heteroatoms. The maximum absolute atomic E-state index is 3.85. The van der Waals surface area contributed by atoms with Gasteiger partial charge in [-0.15, -0.1) is 16.4 Å². The highest BCUT2D eigenvalue weighted by atomic mass is 32.1. The zero-order valence-electron chi connectivity index (χ0n) is 4.88. The van der Waals surface area contributed by atoms with Crippen molar-refractivity contribution in [3.63, 3.8) is 0 Å². The first-order chi connectivity index (χ1) is 3.83. The minimum absolute atomic E-state index is 1.00. The van der Waals surface area contributed by atoms with E-state index < -0.39 is 0 Å². The molecule has 0 saturated heterocycles. The van der Waals surface area contributed by atoms with Gasteiger partial charge in [-0.25, -0.2) is 0 Å². The van der Waals surface area contributed by atoms with E-state index in [9.17, 15) is 0 Å². The lowest BCUT2D eigenvalue weighted by molar-refractivity contribution is 1.07. The fourth-order valence-electron chi connectivity index (χ4n) is 0.429. The van der Waals surface area contributed by atoms with Gasteiger partial charge in [-0.1, -0.05) is 6.82 Å². The molecule has 1 aromatic rings. The van der Waals surface area contributed by atoms with Crippen LogP contribution in [-0.4, -0.2) is 17.5 Å². The van der Waals surface area contributed by atoms with E-state index in [4.69, 9.17) is 0 Å². The van der Waals surface area contributed by atoms with Crippen molar-refractivity contribution in [2.45, 2.75) is 13.7 Å². The zero-order chi connectivity index (χ0) is 5.98. The lowest BCUT2D eigenvalue weighted by Gasteiger charge is -1.73. The van der Waals surface area contributed by atoms with Gasteiger partial charge in [0.1, 0.15) is 5.01 Å². The molecule has 0 amide bonds. The van der Waals surface area contributed by atoms with E-state index in [1.807, 2.05) is 21.0 Å². The van der Waals surface area contributed by atoms with Gasteiger partial charge in [0, 0.05) is 0 Å². The summed E-state index contributed by atoms with van der Waals surface area (Å²) in [5, 5.41) is 8.70. The number of aromatic nitrogens is 2. The maximum Gasteiger partial charge on any atom is 0.191 e. The first-order valence-corrected chi connectivity index (χ1v) is 3.24. The van der Waals surface area contributed by atoms with Gasteiger partial charge in [-0.2, -0.15) is 5.10 Å². The van der Waals surface area contributed by atoms with Gasteiger partial charge in [0.05, 0.1) is 4.91 Å². The number of hydrogen-bond donors (Lipinski definition) is 0. The summed E-state index contributed by atoms with van der Waals surface area (Å²) in [6.45, 7) is 3.91. The van der Waals surface area contributed by atoms with Gasteiger partial charge in [0.25, 0.3) is 0 Å². The van der Waals surface area contributed by atoms with Crippen molar-refractivity contribution in [1.29, 1.82) is 0 Å². The molecule has 0 atom stereocenters. The second kappa shape index (κ2) is 2.26. The van der Waals surface area contributed by atoms with E-state index in [-0.39, 0.29) is 0 Å². The van der Waals surface area contributed by atoms with E-state index in [0.29, 0.717) is 0 Å². The fourth-order valence-corrected chi connectivity index (χ4v) is 1.01. The fraction of sp³-hybridized carbons (Fsp3) is 0.500. The summed E-state index contributed by atoms with van der Waals surface area (Å²) in [5.74, 6) is 0. The summed E-state index contributed by atoms with van der Waals surface area (Å²) < 4.78 is 0. The van der Waals surface area contributed by atoms with E-state index in [1.54, 1.807) is 11.3 Å². The van der Waals surface area contributed by atoms with Crippen molar-refractivity contribution in [2.75, 3.05) is 0 Å². The Kier molecular flexibility index (Phi) is 1.63. The Balaban J connectivity index is 2.84. The van der Waals surface area contributed by atoms with Crippen molar-refractivity contribution in [3.8, 4) is 0 Å². The lowest BCUT2D eigenvalue weighted by atomic mass is 9.84. The van der Waals surface area contributed by atoms with Gasteiger partial charge in [0.15, 0.2) is 7.28 Å². The Morgan fingerprint density at radius 2 is 2.25 bits per heavy atom. The topological polar surface area (TPSA) is 25.8 Å². The van der Waals surface area contributed by atoms with Crippen molar-refractivity contribution in [1.82, 2.24) is 10.2 Å². The Morgan fingerprint density at radius 3 is 2.50 bits per heavy atom. The van der Waals surface area contributed by atoms with Crippen LogP contribution in [0.3, 0.4) is 0 Å². The maximum atomic E-state index is 3.85. The normalized spacial score (nSPS) is 9.25. The van der Waals surface area contributed by atoms with Gasteiger partial charge in [-0.05, 0) is 6.92 Å². The van der Waals surface area contributed by atoms with Gasteiger partial charge >= 0.3 is 0 Å². The summed E-state index contributed by atoms with van der Waals surface area (Å²) in [6.07, 6.45) is 0. The van der Waals surface area contributed by atoms with Crippen LogP contribution in [0.2, 0.25) is 6.82 Å². The van der Waals surface area contributed by atoms with E-state index >= 15 is 0 Å². The molecule has 0 aliphatic rings. The van der Waals surface area contributed by atoms with Crippen LogP contribution in [0.25, 0.3) is 0 Å². The minimum atomic E-state index is 1.00. The highest BCUT2D eigenvalue weighted by Gasteiger charge is 1.94. The largest absolute Gasteiger partial charge is 0.191 e. The van der Waals surface area contributed by atoms with Crippen LogP contribution in [-0.2, 0) is 0 Å². The number of hydrogen-bond acceptors (Lipinski definition) is 3. The minimum Gasteiger partial charge on any atom is -0.155 e.